The van der Waals surface area contributed by atoms with Gasteiger partial charge in [0.05, 0.1) is 12.4 Å². The monoisotopic (exact) mass is 337 g/mol. The molecule has 0 spiro atoms. The number of aliphatic imine (C=N–C) groups is 1. The van der Waals surface area contributed by atoms with Gasteiger partial charge in [-0.1, -0.05) is 6.07 Å². The summed E-state index contributed by atoms with van der Waals surface area (Å²) in [6, 6.07) is 5.97. The van der Waals surface area contributed by atoms with Crippen LogP contribution in [0.4, 0.5) is 5.69 Å². The van der Waals surface area contributed by atoms with E-state index in [-0.39, 0.29) is 0 Å². The lowest BCUT2D eigenvalue weighted by atomic mass is 10.2. The minimum Gasteiger partial charge on any atom is -0.543 e. The second-order valence-electron chi connectivity index (χ2n) is 6.44. The first kappa shape index (κ1) is 16.2. The summed E-state index contributed by atoms with van der Waals surface area (Å²) in [5.41, 5.74) is 3.12. The van der Waals surface area contributed by atoms with Crippen molar-refractivity contribution in [3.63, 3.8) is 0 Å². The van der Waals surface area contributed by atoms with Gasteiger partial charge in [0, 0.05) is 12.4 Å². The van der Waals surface area contributed by atoms with E-state index >= 15 is 0 Å². The van der Waals surface area contributed by atoms with E-state index in [0.29, 0.717) is 17.0 Å². The fourth-order valence-electron chi connectivity index (χ4n) is 2.11. The second-order valence-corrected chi connectivity index (χ2v) is 10.9. The predicted octanol–water partition coefficient (Wildman–Crippen LogP) is 3.69. The first-order valence-corrected chi connectivity index (χ1v) is 11.1. The van der Waals surface area contributed by atoms with E-state index in [4.69, 9.17) is 4.43 Å². The molecule has 0 atom stereocenters. The molecule has 3 rings (SSSR count). The van der Waals surface area contributed by atoms with Crippen molar-refractivity contribution in [1.82, 2.24) is 19.9 Å². The fourth-order valence-corrected chi connectivity index (χ4v) is 2.94. The van der Waals surface area contributed by atoms with Crippen molar-refractivity contribution in [3.05, 3.63) is 48.2 Å². The minimum absolute atomic E-state index is 0.488. The van der Waals surface area contributed by atoms with Gasteiger partial charge in [-0.05, 0) is 44.3 Å². The molecule has 2 aromatic heterocycles. The molecule has 0 amide bonds. The highest BCUT2D eigenvalue weighted by Gasteiger charge is 2.18. The van der Waals surface area contributed by atoms with Gasteiger partial charge in [-0.2, -0.15) is 0 Å². The van der Waals surface area contributed by atoms with Crippen molar-refractivity contribution in [2.24, 2.45) is 4.99 Å². The van der Waals surface area contributed by atoms with Gasteiger partial charge >= 0.3 is 0 Å². The number of aromatic nitrogens is 4. The lowest BCUT2D eigenvalue weighted by Crippen LogP contribution is -2.29. The van der Waals surface area contributed by atoms with Crippen molar-refractivity contribution < 1.29 is 4.43 Å². The van der Waals surface area contributed by atoms with Gasteiger partial charge in [0.25, 0.3) is 0 Å². The van der Waals surface area contributed by atoms with Crippen LogP contribution in [0.25, 0.3) is 11.2 Å². The highest BCUT2D eigenvalue weighted by Crippen LogP contribution is 2.30. The SMILES string of the molecule is Cc1ccc(N=Cc2ncc3nccnc3n2)c(O[Si](C)(C)C)c1. The molecule has 122 valence electrons. The van der Waals surface area contributed by atoms with Gasteiger partial charge in [0.15, 0.2) is 11.5 Å². The molecule has 0 aliphatic heterocycles. The van der Waals surface area contributed by atoms with E-state index in [9.17, 15) is 0 Å². The van der Waals surface area contributed by atoms with E-state index in [1.54, 1.807) is 24.8 Å². The highest BCUT2D eigenvalue weighted by atomic mass is 28.4. The third kappa shape index (κ3) is 3.99. The highest BCUT2D eigenvalue weighted by molar-refractivity contribution is 6.70. The summed E-state index contributed by atoms with van der Waals surface area (Å²) in [6.07, 6.45) is 6.49. The van der Waals surface area contributed by atoms with Gasteiger partial charge in [-0.25, -0.2) is 24.9 Å². The third-order valence-corrected chi connectivity index (χ3v) is 3.93. The van der Waals surface area contributed by atoms with Crippen LogP contribution >= 0.6 is 0 Å². The maximum absolute atomic E-state index is 6.13. The zero-order valence-electron chi connectivity index (χ0n) is 14.2. The Bertz CT molecular complexity index is 905. The number of rotatable bonds is 4. The van der Waals surface area contributed by atoms with Crippen LogP contribution in [0.2, 0.25) is 19.6 Å². The second kappa shape index (κ2) is 6.44. The van der Waals surface area contributed by atoms with E-state index in [1.165, 1.54) is 0 Å². The molecule has 7 heteroatoms. The first-order chi connectivity index (χ1) is 11.4. The summed E-state index contributed by atoms with van der Waals surface area (Å²) >= 11 is 0. The van der Waals surface area contributed by atoms with Crippen LogP contribution in [0.5, 0.6) is 5.75 Å². The first-order valence-electron chi connectivity index (χ1n) is 7.68. The predicted molar refractivity (Wildman–Crippen MR) is 97.5 cm³/mol. The number of hydrogen-bond acceptors (Lipinski definition) is 6. The van der Waals surface area contributed by atoms with Crippen molar-refractivity contribution in [1.29, 1.82) is 0 Å². The number of fused-ring (bicyclic) bond motifs is 1. The zero-order valence-corrected chi connectivity index (χ0v) is 15.2. The smallest absolute Gasteiger partial charge is 0.242 e. The largest absolute Gasteiger partial charge is 0.543 e. The summed E-state index contributed by atoms with van der Waals surface area (Å²) < 4.78 is 6.13. The Morgan fingerprint density at radius 1 is 1.08 bits per heavy atom. The summed E-state index contributed by atoms with van der Waals surface area (Å²) in [5.74, 6) is 1.29. The molecule has 0 saturated heterocycles. The third-order valence-electron chi connectivity index (χ3n) is 3.10. The fraction of sp³-hybridized carbons (Fsp3) is 0.235. The number of hydrogen-bond donors (Lipinski definition) is 0. The van der Waals surface area contributed by atoms with Gasteiger partial charge < -0.3 is 4.43 Å². The van der Waals surface area contributed by atoms with Crippen LogP contribution in [0.3, 0.4) is 0 Å². The van der Waals surface area contributed by atoms with Gasteiger partial charge in [0.1, 0.15) is 17.0 Å². The van der Waals surface area contributed by atoms with Gasteiger partial charge in [-0.15, -0.1) is 0 Å². The normalized spacial score (nSPS) is 12.0. The number of benzene rings is 1. The summed E-state index contributed by atoms with van der Waals surface area (Å²) in [6.45, 7) is 8.48. The molecule has 0 saturated carbocycles. The molecule has 2 heterocycles. The van der Waals surface area contributed by atoms with Crippen molar-refractivity contribution in [3.8, 4) is 5.75 Å². The van der Waals surface area contributed by atoms with Crippen LogP contribution in [0, 0.1) is 6.92 Å². The Hall–Kier alpha value is -2.67. The van der Waals surface area contributed by atoms with Crippen molar-refractivity contribution in [2.75, 3.05) is 0 Å². The maximum atomic E-state index is 6.13. The maximum Gasteiger partial charge on any atom is 0.242 e. The Morgan fingerprint density at radius 2 is 1.88 bits per heavy atom. The molecule has 1 aromatic carbocycles. The number of nitrogens with zero attached hydrogens (tertiary/aromatic N) is 5. The standard InChI is InChI=1S/C17H19N5OSi/c1-12-5-6-13(15(9-12)23-24(2,3)4)20-11-16-21-10-14-17(22-16)19-8-7-18-14/h5-11H,1-4H3. The lowest BCUT2D eigenvalue weighted by Gasteiger charge is -2.20. The van der Waals surface area contributed by atoms with E-state index in [1.807, 2.05) is 25.1 Å². The van der Waals surface area contributed by atoms with Crippen LogP contribution in [0.1, 0.15) is 11.4 Å². The molecule has 0 radical (unpaired) electrons. The molecule has 0 N–H and O–H groups in total. The summed E-state index contributed by atoms with van der Waals surface area (Å²) in [7, 11) is -1.72. The summed E-state index contributed by atoms with van der Waals surface area (Å²) in [4.78, 5) is 21.4. The molecule has 3 aromatic rings. The molecule has 6 nitrogen and oxygen atoms in total. The van der Waals surface area contributed by atoms with Crippen LogP contribution in [-0.4, -0.2) is 34.5 Å². The molecule has 0 unspecified atom stereocenters. The topological polar surface area (TPSA) is 73.2 Å². The lowest BCUT2D eigenvalue weighted by molar-refractivity contribution is 0.558. The van der Waals surface area contributed by atoms with Crippen LogP contribution in [-0.2, 0) is 0 Å². The Balaban J connectivity index is 1.92. The van der Waals surface area contributed by atoms with Crippen molar-refractivity contribution in [2.45, 2.75) is 26.6 Å². The van der Waals surface area contributed by atoms with Gasteiger partial charge in [0.2, 0.25) is 8.32 Å². The molecule has 0 bridgehead atoms. The number of aryl methyl sites for hydroxylation is 1. The molecule has 0 aliphatic rings. The van der Waals surface area contributed by atoms with E-state index in [0.717, 1.165) is 17.0 Å². The Kier molecular flexibility index (Phi) is 4.35. The van der Waals surface area contributed by atoms with Crippen molar-refractivity contribution >= 4 is 31.4 Å². The summed E-state index contributed by atoms with van der Waals surface area (Å²) in [5, 5.41) is 0. The van der Waals surface area contributed by atoms with Gasteiger partial charge in [-0.3, -0.25) is 0 Å². The average Bonchev–Trinajstić information content (AvgIpc) is 2.52. The Morgan fingerprint density at radius 3 is 2.67 bits per heavy atom. The minimum atomic E-state index is -1.72. The molecular weight excluding hydrogens is 318 g/mol. The molecule has 0 fully saturated rings. The van der Waals surface area contributed by atoms with Crippen LogP contribution in [0.15, 0.2) is 41.8 Å². The van der Waals surface area contributed by atoms with Crippen LogP contribution < -0.4 is 4.43 Å². The van der Waals surface area contributed by atoms with E-state index < -0.39 is 8.32 Å². The molecular formula is C17H19N5OSi. The molecule has 24 heavy (non-hydrogen) atoms. The Labute approximate surface area is 141 Å². The quantitative estimate of drug-likeness (QED) is 0.536. The average molecular weight is 337 g/mol. The molecule has 0 aliphatic carbocycles. The zero-order chi connectivity index (χ0) is 17.2. The van der Waals surface area contributed by atoms with E-state index in [2.05, 4.69) is 44.6 Å².